The third kappa shape index (κ3) is 6.08. The molecule has 0 aliphatic carbocycles. The Kier molecular flexibility index (Phi) is 6.54. The molecule has 0 aliphatic heterocycles. The maximum atomic E-state index is 8.93. The van der Waals surface area contributed by atoms with Crippen molar-refractivity contribution in [3.63, 3.8) is 0 Å². The van der Waals surface area contributed by atoms with Crippen molar-refractivity contribution in [3.05, 3.63) is 29.8 Å². The van der Waals surface area contributed by atoms with Crippen LogP contribution < -0.4 is 10.5 Å². The van der Waals surface area contributed by atoms with Crippen molar-refractivity contribution < 1.29 is 4.74 Å². The first-order valence-electron chi connectivity index (χ1n) is 7.35. The smallest absolute Gasteiger partial charge is 0.119 e. The van der Waals surface area contributed by atoms with Crippen LogP contribution in [-0.4, -0.2) is 12.6 Å². The Labute approximate surface area is 122 Å². The first-order valence-corrected chi connectivity index (χ1v) is 7.35. The van der Waals surface area contributed by atoms with Crippen LogP contribution in [0.25, 0.3) is 0 Å². The summed E-state index contributed by atoms with van der Waals surface area (Å²) < 4.78 is 5.69. The molecule has 0 saturated heterocycles. The zero-order valence-corrected chi connectivity index (χ0v) is 12.9. The molecular formula is C17H26N2O. The standard InChI is InChI=1S/C17H26N2O/c1-4-15(19)12-14-6-8-16(9-7-14)20-11-5-10-17(2,3)13-18/h6-9,15H,4-5,10-12,19H2,1-3H3. The summed E-state index contributed by atoms with van der Waals surface area (Å²) in [5.74, 6) is 0.883. The van der Waals surface area contributed by atoms with Crippen molar-refractivity contribution in [2.75, 3.05) is 6.61 Å². The molecule has 0 heterocycles. The predicted octanol–water partition coefficient (Wildman–Crippen LogP) is 3.68. The summed E-state index contributed by atoms with van der Waals surface area (Å²) in [5.41, 5.74) is 6.92. The van der Waals surface area contributed by atoms with Crippen molar-refractivity contribution >= 4 is 0 Å². The van der Waals surface area contributed by atoms with E-state index in [9.17, 15) is 0 Å². The molecule has 0 amide bonds. The highest BCUT2D eigenvalue weighted by Gasteiger charge is 2.15. The molecule has 3 heteroatoms. The molecule has 0 bridgehead atoms. The summed E-state index contributed by atoms with van der Waals surface area (Å²) >= 11 is 0. The van der Waals surface area contributed by atoms with Gasteiger partial charge in [0, 0.05) is 6.04 Å². The third-order valence-electron chi connectivity index (χ3n) is 3.46. The minimum absolute atomic E-state index is 0.231. The van der Waals surface area contributed by atoms with Gasteiger partial charge in [0.05, 0.1) is 18.1 Å². The van der Waals surface area contributed by atoms with Crippen LogP contribution in [0, 0.1) is 16.7 Å². The quantitative estimate of drug-likeness (QED) is 0.736. The predicted molar refractivity (Wildman–Crippen MR) is 82.5 cm³/mol. The van der Waals surface area contributed by atoms with Crippen LogP contribution in [-0.2, 0) is 6.42 Å². The van der Waals surface area contributed by atoms with E-state index in [0.717, 1.165) is 31.4 Å². The van der Waals surface area contributed by atoms with Crippen molar-refractivity contribution in [1.29, 1.82) is 5.26 Å². The van der Waals surface area contributed by atoms with E-state index in [0.29, 0.717) is 6.61 Å². The third-order valence-corrected chi connectivity index (χ3v) is 3.46. The Morgan fingerprint density at radius 2 is 1.95 bits per heavy atom. The molecule has 1 rings (SSSR count). The zero-order chi connectivity index (χ0) is 15.0. The van der Waals surface area contributed by atoms with Gasteiger partial charge in [0.15, 0.2) is 0 Å². The molecule has 110 valence electrons. The van der Waals surface area contributed by atoms with Gasteiger partial charge >= 0.3 is 0 Å². The van der Waals surface area contributed by atoms with Crippen molar-refractivity contribution in [2.24, 2.45) is 11.1 Å². The average molecular weight is 274 g/mol. The topological polar surface area (TPSA) is 59.0 Å². The highest BCUT2D eigenvalue weighted by Crippen LogP contribution is 2.21. The van der Waals surface area contributed by atoms with E-state index >= 15 is 0 Å². The van der Waals surface area contributed by atoms with Gasteiger partial charge < -0.3 is 10.5 Å². The van der Waals surface area contributed by atoms with Crippen LogP contribution in [0.15, 0.2) is 24.3 Å². The highest BCUT2D eigenvalue weighted by molar-refractivity contribution is 5.27. The lowest BCUT2D eigenvalue weighted by molar-refractivity contribution is 0.284. The fourth-order valence-corrected chi connectivity index (χ4v) is 1.93. The lowest BCUT2D eigenvalue weighted by Gasteiger charge is -2.15. The molecule has 0 fully saturated rings. The average Bonchev–Trinajstić information content (AvgIpc) is 2.45. The fraction of sp³-hybridized carbons (Fsp3) is 0.588. The summed E-state index contributed by atoms with van der Waals surface area (Å²) in [6.45, 7) is 6.67. The van der Waals surface area contributed by atoms with Gasteiger partial charge in [-0.1, -0.05) is 19.1 Å². The number of ether oxygens (including phenoxy) is 1. The first kappa shape index (κ1) is 16.5. The zero-order valence-electron chi connectivity index (χ0n) is 12.9. The van der Waals surface area contributed by atoms with Gasteiger partial charge in [-0.25, -0.2) is 0 Å². The maximum Gasteiger partial charge on any atom is 0.119 e. The molecule has 2 N–H and O–H groups in total. The first-order chi connectivity index (χ1) is 9.46. The Morgan fingerprint density at radius 3 is 2.50 bits per heavy atom. The van der Waals surface area contributed by atoms with E-state index in [4.69, 9.17) is 15.7 Å². The number of hydrogen-bond acceptors (Lipinski definition) is 3. The number of hydrogen-bond donors (Lipinski definition) is 1. The van der Waals surface area contributed by atoms with E-state index in [1.54, 1.807) is 0 Å². The maximum absolute atomic E-state index is 8.93. The number of nitrogens with zero attached hydrogens (tertiary/aromatic N) is 1. The highest BCUT2D eigenvalue weighted by atomic mass is 16.5. The minimum Gasteiger partial charge on any atom is -0.494 e. The van der Waals surface area contributed by atoms with Crippen LogP contribution in [0.3, 0.4) is 0 Å². The van der Waals surface area contributed by atoms with Crippen LogP contribution in [0.1, 0.15) is 45.6 Å². The van der Waals surface area contributed by atoms with Crippen molar-refractivity contribution in [3.8, 4) is 11.8 Å². The van der Waals surface area contributed by atoms with Crippen LogP contribution >= 0.6 is 0 Å². The number of rotatable bonds is 8. The van der Waals surface area contributed by atoms with Gasteiger partial charge in [-0.05, 0) is 57.2 Å². The van der Waals surface area contributed by atoms with E-state index in [1.165, 1.54) is 5.56 Å². The van der Waals surface area contributed by atoms with E-state index in [-0.39, 0.29) is 11.5 Å². The normalized spacial score (nSPS) is 12.8. The number of benzene rings is 1. The second kappa shape index (κ2) is 7.91. The molecule has 1 aromatic carbocycles. The summed E-state index contributed by atoms with van der Waals surface area (Å²) in [4.78, 5) is 0. The molecule has 0 spiro atoms. The van der Waals surface area contributed by atoms with Crippen molar-refractivity contribution in [2.45, 2.75) is 52.5 Å². The molecule has 0 radical (unpaired) electrons. The number of nitrogens with two attached hydrogens (primary N) is 1. The van der Waals surface area contributed by atoms with Gasteiger partial charge in [0.25, 0.3) is 0 Å². The molecule has 3 nitrogen and oxygen atoms in total. The Hall–Kier alpha value is -1.53. The van der Waals surface area contributed by atoms with E-state index in [2.05, 4.69) is 25.1 Å². The minimum atomic E-state index is -0.260. The SMILES string of the molecule is CCC(N)Cc1ccc(OCCCC(C)(C)C#N)cc1. The second-order valence-electron chi connectivity index (χ2n) is 5.96. The molecule has 20 heavy (non-hydrogen) atoms. The van der Waals surface area contributed by atoms with E-state index in [1.807, 2.05) is 26.0 Å². The Balaban J connectivity index is 2.34. The largest absolute Gasteiger partial charge is 0.494 e. The molecule has 1 unspecified atom stereocenters. The van der Waals surface area contributed by atoms with E-state index < -0.39 is 0 Å². The lowest BCUT2D eigenvalue weighted by Crippen LogP contribution is -2.21. The lowest BCUT2D eigenvalue weighted by atomic mass is 9.90. The monoisotopic (exact) mass is 274 g/mol. The summed E-state index contributed by atoms with van der Waals surface area (Å²) in [7, 11) is 0. The van der Waals surface area contributed by atoms with Gasteiger partial charge in [-0.2, -0.15) is 5.26 Å². The van der Waals surface area contributed by atoms with Gasteiger partial charge in [0.2, 0.25) is 0 Å². The molecule has 1 atom stereocenters. The second-order valence-corrected chi connectivity index (χ2v) is 5.96. The molecule has 0 saturated carbocycles. The van der Waals surface area contributed by atoms with Crippen molar-refractivity contribution in [1.82, 2.24) is 0 Å². The Bertz CT molecular complexity index is 431. The van der Waals surface area contributed by atoms with Crippen LogP contribution in [0.5, 0.6) is 5.75 Å². The molecule has 1 aromatic rings. The van der Waals surface area contributed by atoms with Gasteiger partial charge in [0.1, 0.15) is 5.75 Å². The molecule has 0 aromatic heterocycles. The Morgan fingerprint density at radius 1 is 1.30 bits per heavy atom. The fourth-order valence-electron chi connectivity index (χ4n) is 1.93. The molecule has 0 aliphatic rings. The van der Waals surface area contributed by atoms with Gasteiger partial charge in [-0.15, -0.1) is 0 Å². The molecular weight excluding hydrogens is 248 g/mol. The summed E-state index contributed by atoms with van der Waals surface area (Å²) in [6.07, 6.45) is 3.65. The summed E-state index contributed by atoms with van der Waals surface area (Å²) in [6, 6.07) is 10.7. The van der Waals surface area contributed by atoms with Gasteiger partial charge in [-0.3, -0.25) is 0 Å². The van der Waals surface area contributed by atoms with Crippen LogP contribution in [0.4, 0.5) is 0 Å². The van der Waals surface area contributed by atoms with Crippen LogP contribution in [0.2, 0.25) is 0 Å². The number of nitriles is 1. The summed E-state index contributed by atoms with van der Waals surface area (Å²) in [5, 5.41) is 8.93.